The fraction of sp³-hybridized carbons (Fsp3) is 0.235. The first kappa shape index (κ1) is 29.8. The number of halogens is 2. The third-order valence-corrected chi connectivity index (χ3v) is 9.22. The number of benzene rings is 2. The maximum Gasteiger partial charge on any atom is 0.251 e. The number of carbonyl (C=O) groups is 2. The number of ether oxygens (including phenoxy) is 1. The molecule has 46 heavy (non-hydrogen) atoms. The van der Waals surface area contributed by atoms with Crippen molar-refractivity contribution >= 4 is 33.2 Å². The average molecular weight is 642 g/mol. The van der Waals surface area contributed by atoms with Gasteiger partial charge < -0.3 is 20.1 Å². The molecule has 0 saturated heterocycles. The Labute approximate surface area is 266 Å². The number of carbonyl (C=O) groups excluding carboxylic acids is 2. The van der Waals surface area contributed by atoms with E-state index in [9.17, 15) is 19.1 Å². The van der Waals surface area contributed by atoms with Gasteiger partial charge in [0.2, 0.25) is 5.91 Å². The van der Waals surface area contributed by atoms with Gasteiger partial charge in [0.15, 0.2) is 0 Å². The van der Waals surface area contributed by atoms with Gasteiger partial charge in [-0.15, -0.1) is 11.3 Å². The van der Waals surface area contributed by atoms with Gasteiger partial charge in [0, 0.05) is 51.5 Å². The van der Waals surface area contributed by atoms with Crippen molar-refractivity contribution in [3.63, 3.8) is 0 Å². The molecule has 0 spiro atoms. The summed E-state index contributed by atoms with van der Waals surface area (Å²) in [6.07, 6.45) is 0.400. The predicted molar refractivity (Wildman–Crippen MR) is 170 cm³/mol. The highest BCUT2D eigenvalue weighted by Crippen LogP contribution is 2.47. The molecule has 2 aromatic carbocycles. The highest BCUT2D eigenvalue weighted by Gasteiger charge is 2.31. The van der Waals surface area contributed by atoms with E-state index in [2.05, 4.69) is 11.9 Å². The molecule has 0 bridgehead atoms. The van der Waals surface area contributed by atoms with Crippen LogP contribution in [-0.2, 0) is 24.4 Å². The highest BCUT2D eigenvalue weighted by molar-refractivity contribution is 7.18. The Morgan fingerprint density at radius 3 is 2.83 bits per heavy atom. The van der Waals surface area contributed by atoms with Crippen LogP contribution in [0.5, 0.6) is 5.75 Å². The van der Waals surface area contributed by atoms with Crippen molar-refractivity contribution in [3.8, 4) is 39.5 Å². The first-order valence-corrected chi connectivity index (χ1v) is 15.6. The Balaban J connectivity index is 1.49. The number of hydrogen-bond donors (Lipinski definition) is 2. The van der Waals surface area contributed by atoms with Crippen LogP contribution in [0.2, 0.25) is 0 Å². The maximum absolute atomic E-state index is 16.0. The molecule has 2 aliphatic rings. The van der Waals surface area contributed by atoms with Gasteiger partial charge in [0.05, 0.1) is 36.1 Å². The van der Waals surface area contributed by atoms with Crippen molar-refractivity contribution in [3.05, 3.63) is 89.0 Å². The van der Waals surface area contributed by atoms with Crippen molar-refractivity contribution in [2.24, 2.45) is 0 Å². The van der Waals surface area contributed by atoms with Gasteiger partial charge in [-0.25, -0.2) is 13.8 Å². The zero-order valence-electron chi connectivity index (χ0n) is 25.0. The molecular formula is C34H29F2N5O4S. The highest BCUT2D eigenvalue weighted by atomic mass is 32.1. The second kappa shape index (κ2) is 11.5. The molecule has 2 N–H and O–H groups in total. The molecule has 0 radical (unpaired) electrons. The standard InChI is InChI=1S/C34H29F2N5O4S/c1-4-28(43)40-15-22-12-26(39-41(22)14-17(40)2)32-30(29-25(36)10-21(35)11-27(29)45-16-18(3)42)33-24(7-8-46-33)31(38-32)19-5-6-23-20(9-19)13-37-34(23)44/h4-12,17-18,42H,1,13-16H2,2-3H3,(H,37,44). The van der Waals surface area contributed by atoms with Crippen LogP contribution < -0.4 is 10.1 Å². The Morgan fingerprint density at radius 1 is 1.22 bits per heavy atom. The van der Waals surface area contributed by atoms with Gasteiger partial charge in [-0.1, -0.05) is 12.6 Å². The van der Waals surface area contributed by atoms with E-state index in [4.69, 9.17) is 14.8 Å². The second-order valence-electron chi connectivity index (χ2n) is 11.5. The fourth-order valence-corrected chi connectivity index (χ4v) is 7.06. The molecule has 2 unspecified atom stereocenters. The number of aliphatic hydroxyl groups excluding tert-OH is 1. The minimum Gasteiger partial charge on any atom is -0.490 e. The number of amides is 2. The van der Waals surface area contributed by atoms with Gasteiger partial charge in [-0.2, -0.15) is 5.10 Å². The van der Waals surface area contributed by atoms with Gasteiger partial charge in [0.1, 0.15) is 35.4 Å². The summed E-state index contributed by atoms with van der Waals surface area (Å²) in [4.78, 5) is 31.7. The molecule has 3 aromatic heterocycles. The predicted octanol–water partition coefficient (Wildman–Crippen LogP) is 5.69. The zero-order chi connectivity index (χ0) is 32.3. The van der Waals surface area contributed by atoms with E-state index in [0.29, 0.717) is 52.5 Å². The molecule has 9 nitrogen and oxygen atoms in total. The minimum atomic E-state index is -0.884. The first-order chi connectivity index (χ1) is 22.1. The molecule has 0 saturated carbocycles. The normalized spacial score (nSPS) is 16.2. The van der Waals surface area contributed by atoms with E-state index < -0.39 is 17.7 Å². The Bertz CT molecular complexity index is 2070. The van der Waals surface area contributed by atoms with Gasteiger partial charge >= 0.3 is 0 Å². The molecule has 7 rings (SSSR count). The molecule has 12 heteroatoms. The molecule has 2 amide bonds. The number of nitrogens with one attached hydrogen (secondary N) is 1. The molecule has 5 aromatic rings. The number of thiophene rings is 1. The smallest absolute Gasteiger partial charge is 0.251 e. The van der Waals surface area contributed by atoms with Crippen LogP contribution in [0.3, 0.4) is 0 Å². The number of hydrogen-bond acceptors (Lipinski definition) is 7. The van der Waals surface area contributed by atoms with Gasteiger partial charge in [-0.3, -0.25) is 14.3 Å². The Kier molecular flexibility index (Phi) is 7.41. The molecule has 2 aliphatic heterocycles. The maximum atomic E-state index is 16.0. The summed E-state index contributed by atoms with van der Waals surface area (Å²) >= 11 is 1.37. The monoisotopic (exact) mass is 641 g/mol. The van der Waals surface area contributed by atoms with Gasteiger partial charge in [0.25, 0.3) is 5.91 Å². The quantitative estimate of drug-likeness (QED) is 0.221. The first-order valence-electron chi connectivity index (χ1n) is 14.8. The summed E-state index contributed by atoms with van der Waals surface area (Å²) in [7, 11) is 0. The van der Waals surface area contributed by atoms with Crippen molar-refractivity contribution in [2.45, 2.75) is 45.6 Å². The SMILES string of the molecule is C=CC(=O)N1Cc2cc(-c3nc(-c4ccc5c(c4)CNC5=O)c4ccsc4c3-c3c(F)cc(F)cc3OCC(C)O)nn2CC1C. The summed E-state index contributed by atoms with van der Waals surface area (Å²) in [5.41, 5.74) is 4.71. The van der Waals surface area contributed by atoms with E-state index in [1.807, 2.05) is 41.3 Å². The summed E-state index contributed by atoms with van der Waals surface area (Å²) in [6.45, 7) is 8.01. The summed E-state index contributed by atoms with van der Waals surface area (Å²) in [6, 6.07) is 11.0. The number of aromatic nitrogens is 3. The van der Waals surface area contributed by atoms with Crippen LogP contribution in [-0.4, -0.2) is 55.3 Å². The molecule has 5 heterocycles. The lowest BCUT2D eigenvalue weighted by atomic mass is 9.95. The second-order valence-corrected chi connectivity index (χ2v) is 12.5. The fourth-order valence-electron chi connectivity index (χ4n) is 6.11. The van der Waals surface area contributed by atoms with Crippen LogP contribution >= 0.6 is 11.3 Å². The van der Waals surface area contributed by atoms with Gasteiger partial charge in [-0.05, 0) is 55.1 Å². The van der Waals surface area contributed by atoms with Crippen molar-refractivity contribution in [2.75, 3.05) is 6.61 Å². The number of aliphatic hydroxyl groups is 1. The van der Waals surface area contributed by atoms with E-state index in [0.717, 1.165) is 34.3 Å². The summed E-state index contributed by atoms with van der Waals surface area (Å²) in [5.74, 6) is -2.08. The Hall–Kier alpha value is -4.94. The van der Waals surface area contributed by atoms with Crippen LogP contribution in [0.1, 0.15) is 35.5 Å². The Morgan fingerprint density at radius 2 is 2.04 bits per heavy atom. The lowest BCUT2D eigenvalue weighted by Crippen LogP contribution is -2.44. The lowest BCUT2D eigenvalue weighted by molar-refractivity contribution is -0.129. The number of fused-ring (bicyclic) bond motifs is 3. The third-order valence-electron chi connectivity index (χ3n) is 8.28. The molecular weight excluding hydrogens is 612 g/mol. The zero-order valence-corrected chi connectivity index (χ0v) is 25.8. The van der Waals surface area contributed by atoms with Crippen molar-refractivity contribution in [1.82, 2.24) is 25.0 Å². The molecule has 0 fully saturated rings. The number of nitrogens with zero attached hydrogens (tertiary/aromatic N) is 4. The van der Waals surface area contributed by atoms with Crippen LogP contribution in [0.25, 0.3) is 43.9 Å². The van der Waals surface area contributed by atoms with Crippen molar-refractivity contribution < 1.29 is 28.2 Å². The van der Waals surface area contributed by atoms with Crippen LogP contribution in [0.15, 0.2) is 60.5 Å². The molecule has 0 aliphatic carbocycles. The summed E-state index contributed by atoms with van der Waals surface area (Å²) in [5, 5.41) is 20.3. The number of rotatable bonds is 7. The van der Waals surface area contributed by atoms with E-state index in [1.54, 1.807) is 11.0 Å². The molecule has 234 valence electrons. The largest absolute Gasteiger partial charge is 0.490 e. The van der Waals surface area contributed by atoms with E-state index in [1.165, 1.54) is 24.3 Å². The third kappa shape index (κ3) is 5.03. The van der Waals surface area contributed by atoms with E-state index >= 15 is 4.39 Å². The minimum absolute atomic E-state index is 0.00454. The van der Waals surface area contributed by atoms with Crippen molar-refractivity contribution in [1.29, 1.82) is 0 Å². The average Bonchev–Trinajstić information content (AvgIpc) is 3.77. The summed E-state index contributed by atoms with van der Waals surface area (Å²) < 4.78 is 38.9. The number of pyridine rings is 1. The molecule has 2 atom stereocenters. The topological polar surface area (TPSA) is 110 Å². The lowest BCUT2D eigenvalue weighted by Gasteiger charge is -2.33. The van der Waals surface area contributed by atoms with E-state index in [-0.39, 0.29) is 35.8 Å². The van der Waals surface area contributed by atoms with Crippen LogP contribution in [0, 0.1) is 11.6 Å². The van der Waals surface area contributed by atoms with Crippen LogP contribution in [0.4, 0.5) is 8.78 Å².